The maximum absolute atomic E-state index is 12.3. The van der Waals surface area contributed by atoms with Crippen molar-refractivity contribution in [3.63, 3.8) is 0 Å². The Kier molecular flexibility index (Phi) is 5.65. The third kappa shape index (κ3) is 3.78. The molecule has 0 aliphatic rings. The van der Waals surface area contributed by atoms with Gasteiger partial charge in [-0.15, -0.1) is 0 Å². The molecule has 7 heteroatoms. The van der Waals surface area contributed by atoms with Crippen LogP contribution in [0.4, 0.5) is 11.4 Å². The Balaban J connectivity index is 2.22. The van der Waals surface area contributed by atoms with Crippen LogP contribution in [-0.4, -0.2) is 19.5 Å². The van der Waals surface area contributed by atoms with E-state index in [2.05, 4.69) is 5.32 Å². The maximum Gasteiger partial charge on any atom is 0.243 e. The van der Waals surface area contributed by atoms with Crippen LogP contribution in [0, 0.1) is 22.7 Å². The largest absolute Gasteiger partial charge is 0.363 e. The van der Waals surface area contributed by atoms with E-state index in [0.29, 0.717) is 32.5 Å². The summed E-state index contributed by atoms with van der Waals surface area (Å²) in [4.78, 5) is 13.8. The Morgan fingerprint density at radius 1 is 1.08 bits per heavy atom. The average Bonchev–Trinajstić information content (AvgIpc) is 2.57. The van der Waals surface area contributed by atoms with Crippen molar-refractivity contribution in [2.75, 3.05) is 23.8 Å². The van der Waals surface area contributed by atoms with E-state index in [4.69, 9.17) is 23.2 Å². The SMILES string of the molecule is CN(CC(=O)Nc1c(Cl)cccc1Cl)c1c(C#N)cccc1C#N. The lowest BCUT2D eigenvalue weighted by Gasteiger charge is -2.21. The Morgan fingerprint density at radius 3 is 2.08 bits per heavy atom. The fraction of sp³-hybridized carbons (Fsp3) is 0.118. The molecule has 0 heterocycles. The summed E-state index contributed by atoms with van der Waals surface area (Å²) in [6.45, 7) is -0.0745. The quantitative estimate of drug-likeness (QED) is 0.900. The zero-order valence-corrected chi connectivity index (χ0v) is 14.2. The lowest BCUT2D eigenvalue weighted by molar-refractivity contribution is -0.114. The molecule has 0 aliphatic heterocycles. The number of anilines is 2. The first-order valence-corrected chi connectivity index (χ1v) is 7.61. The topological polar surface area (TPSA) is 79.9 Å². The lowest BCUT2D eigenvalue weighted by Crippen LogP contribution is -2.31. The summed E-state index contributed by atoms with van der Waals surface area (Å²) in [7, 11) is 1.63. The fourth-order valence-corrected chi connectivity index (χ4v) is 2.72. The maximum atomic E-state index is 12.3. The number of likely N-dealkylation sites (N-methyl/N-ethyl adjacent to an activating group) is 1. The molecule has 0 spiro atoms. The molecule has 5 nitrogen and oxygen atoms in total. The highest BCUT2D eigenvalue weighted by Gasteiger charge is 2.17. The Bertz CT molecular complexity index is 815. The number of benzene rings is 2. The Morgan fingerprint density at radius 2 is 1.58 bits per heavy atom. The minimum Gasteiger partial charge on any atom is -0.363 e. The number of rotatable bonds is 4. The molecular formula is C17H12Cl2N4O. The molecule has 0 unspecified atom stereocenters. The Labute approximate surface area is 149 Å². The third-order valence-corrected chi connectivity index (χ3v) is 3.90. The van der Waals surface area contributed by atoms with Crippen LogP contribution in [0.5, 0.6) is 0 Å². The third-order valence-electron chi connectivity index (χ3n) is 3.27. The Hall–Kier alpha value is -2.73. The highest BCUT2D eigenvalue weighted by molar-refractivity contribution is 6.39. The molecule has 1 amide bonds. The molecular weight excluding hydrogens is 347 g/mol. The number of nitrogens with zero attached hydrogens (tertiary/aromatic N) is 3. The van der Waals surface area contributed by atoms with Gasteiger partial charge in [-0.05, 0) is 24.3 Å². The number of carbonyl (C=O) groups excluding carboxylic acids is 1. The summed E-state index contributed by atoms with van der Waals surface area (Å²) in [6.07, 6.45) is 0. The number of nitrogens with one attached hydrogen (secondary N) is 1. The molecule has 0 saturated carbocycles. The van der Waals surface area contributed by atoms with Crippen LogP contribution in [0.15, 0.2) is 36.4 Å². The van der Waals surface area contributed by atoms with Crippen LogP contribution >= 0.6 is 23.2 Å². The van der Waals surface area contributed by atoms with E-state index >= 15 is 0 Å². The summed E-state index contributed by atoms with van der Waals surface area (Å²) in [5.41, 5.74) is 1.37. The van der Waals surface area contributed by atoms with E-state index in [-0.39, 0.29) is 12.5 Å². The van der Waals surface area contributed by atoms with Crippen molar-refractivity contribution in [1.29, 1.82) is 10.5 Å². The van der Waals surface area contributed by atoms with Gasteiger partial charge in [-0.1, -0.05) is 35.3 Å². The number of hydrogen-bond acceptors (Lipinski definition) is 4. The smallest absolute Gasteiger partial charge is 0.243 e. The second-order valence-corrected chi connectivity index (χ2v) is 5.74. The van der Waals surface area contributed by atoms with Gasteiger partial charge in [-0.3, -0.25) is 4.79 Å². The predicted molar refractivity (Wildman–Crippen MR) is 94.2 cm³/mol. The summed E-state index contributed by atoms with van der Waals surface area (Å²) in [5, 5.41) is 21.7. The van der Waals surface area contributed by atoms with Gasteiger partial charge < -0.3 is 10.2 Å². The molecule has 0 bridgehead atoms. The first kappa shape index (κ1) is 17.6. The van der Waals surface area contributed by atoms with E-state index in [1.165, 1.54) is 4.90 Å². The number of nitriles is 2. The fourth-order valence-electron chi connectivity index (χ4n) is 2.23. The standard InChI is InChI=1S/C17H12Cl2N4O/c1-23(17-11(8-20)4-2-5-12(17)9-21)10-15(24)22-16-13(18)6-3-7-14(16)19/h2-7H,10H2,1H3,(H,22,24). The van der Waals surface area contributed by atoms with Crippen LogP contribution < -0.4 is 10.2 Å². The molecule has 0 saturated heterocycles. The van der Waals surface area contributed by atoms with E-state index < -0.39 is 0 Å². The van der Waals surface area contributed by atoms with Crippen molar-refractivity contribution in [2.45, 2.75) is 0 Å². The molecule has 0 aromatic heterocycles. The van der Waals surface area contributed by atoms with Crippen molar-refractivity contribution in [1.82, 2.24) is 0 Å². The van der Waals surface area contributed by atoms with Crippen molar-refractivity contribution < 1.29 is 4.79 Å². The average molecular weight is 359 g/mol. The van der Waals surface area contributed by atoms with Gasteiger partial charge in [-0.25, -0.2) is 0 Å². The lowest BCUT2D eigenvalue weighted by atomic mass is 10.1. The van der Waals surface area contributed by atoms with Crippen molar-refractivity contribution in [3.8, 4) is 12.1 Å². The zero-order chi connectivity index (χ0) is 17.7. The highest BCUT2D eigenvalue weighted by atomic mass is 35.5. The van der Waals surface area contributed by atoms with Gasteiger partial charge in [0.15, 0.2) is 0 Å². The highest BCUT2D eigenvalue weighted by Crippen LogP contribution is 2.30. The normalized spacial score (nSPS) is 9.71. The van der Waals surface area contributed by atoms with Gasteiger partial charge in [0.2, 0.25) is 5.91 Å². The van der Waals surface area contributed by atoms with Gasteiger partial charge in [0.05, 0.1) is 39.1 Å². The molecule has 0 atom stereocenters. The van der Waals surface area contributed by atoms with E-state index in [1.54, 1.807) is 43.4 Å². The van der Waals surface area contributed by atoms with Crippen LogP contribution in [0.2, 0.25) is 10.0 Å². The minimum atomic E-state index is -0.371. The molecule has 2 aromatic carbocycles. The minimum absolute atomic E-state index is 0.0745. The summed E-state index contributed by atoms with van der Waals surface area (Å²) in [6, 6.07) is 13.8. The van der Waals surface area contributed by atoms with E-state index in [1.807, 2.05) is 12.1 Å². The van der Waals surface area contributed by atoms with Crippen LogP contribution in [0.25, 0.3) is 0 Å². The van der Waals surface area contributed by atoms with Gasteiger partial charge in [0, 0.05) is 7.05 Å². The van der Waals surface area contributed by atoms with Crippen LogP contribution in [0.3, 0.4) is 0 Å². The number of amides is 1. The molecule has 0 fully saturated rings. The monoisotopic (exact) mass is 358 g/mol. The first-order valence-electron chi connectivity index (χ1n) is 6.86. The number of para-hydroxylation sites is 2. The van der Waals surface area contributed by atoms with Gasteiger partial charge in [-0.2, -0.15) is 10.5 Å². The number of hydrogen-bond donors (Lipinski definition) is 1. The summed E-state index contributed by atoms with van der Waals surface area (Å²) >= 11 is 12.0. The van der Waals surface area contributed by atoms with Gasteiger partial charge >= 0.3 is 0 Å². The first-order chi connectivity index (χ1) is 11.5. The molecule has 0 aliphatic carbocycles. The predicted octanol–water partition coefficient (Wildman–Crippen LogP) is 3.81. The molecule has 2 rings (SSSR count). The second-order valence-electron chi connectivity index (χ2n) is 4.93. The zero-order valence-electron chi connectivity index (χ0n) is 12.7. The van der Waals surface area contributed by atoms with Gasteiger partial charge in [0.1, 0.15) is 12.1 Å². The molecule has 120 valence electrons. The molecule has 1 N–H and O–H groups in total. The van der Waals surface area contributed by atoms with Crippen molar-refractivity contribution in [2.24, 2.45) is 0 Å². The molecule has 0 radical (unpaired) electrons. The van der Waals surface area contributed by atoms with Crippen molar-refractivity contribution in [3.05, 3.63) is 57.6 Å². The number of carbonyl (C=O) groups is 1. The van der Waals surface area contributed by atoms with Crippen LogP contribution in [0.1, 0.15) is 11.1 Å². The van der Waals surface area contributed by atoms with E-state index in [9.17, 15) is 15.3 Å². The number of halogens is 2. The van der Waals surface area contributed by atoms with Gasteiger partial charge in [0.25, 0.3) is 0 Å². The van der Waals surface area contributed by atoms with Crippen molar-refractivity contribution >= 4 is 40.5 Å². The van der Waals surface area contributed by atoms with Crippen LogP contribution in [-0.2, 0) is 4.79 Å². The second kappa shape index (κ2) is 7.70. The molecule has 2 aromatic rings. The van der Waals surface area contributed by atoms with E-state index in [0.717, 1.165) is 0 Å². The summed E-state index contributed by atoms with van der Waals surface area (Å²) in [5.74, 6) is -0.371. The summed E-state index contributed by atoms with van der Waals surface area (Å²) < 4.78 is 0. The molecule has 24 heavy (non-hydrogen) atoms.